The van der Waals surface area contributed by atoms with Gasteiger partial charge in [-0.05, 0) is 36.8 Å². The highest BCUT2D eigenvalue weighted by molar-refractivity contribution is 5.94. The molecule has 0 aliphatic rings. The van der Waals surface area contributed by atoms with Gasteiger partial charge in [0.2, 0.25) is 0 Å². The van der Waals surface area contributed by atoms with E-state index in [9.17, 15) is 9.59 Å². The Morgan fingerprint density at radius 1 is 1.00 bits per heavy atom. The molecule has 0 saturated heterocycles. The Labute approximate surface area is 123 Å². The highest BCUT2D eigenvalue weighted by Gasteiger charge is 2.06. The summed E-state index contributed by atoms with van der Waals surface area (Å²) in [4.78, 5) is 27.4. The lowest BCUT2D eigenvalue weighted by Gasteiger charge is -2.06. The second-order valence-corrected chi connectivity index (χ2v) is 4.65. The predicted octanol–water partition coefficient (Wildman–Crippen LogP) is 1.68. The highest BCUT2D eigenvalue weighted by Crippen LogP contribution is 2.05. The normalized spacial score (nSPS) is 10.0. The first-order valence-corrected chi connectivity index (χ1v) is 6.62. The van der Waals surface area contributed by atoms with E-state index in [2.05, 4.69) is 15.6 Å². The summed E-state index contributed by atoms with van der Waals surface area (Å²) < 4.78 is 0. The fourth-order valence-corrected chi connectivity index (χ4v) is 1.80. The van der Waals surface area contributed by atoms with Crippen LogP contribution in [0.3, 0.4) is 0 Å². The Balaban J connectivity index is 1.95. The van der Waals surface area contributed by atoms with Gasteiger partial charge < -0.3 is 10.6 Å². The largest absolute Gasteiger partial charge is 0.355 e. The van der Waals surface area contributed by atoms with Crippen LogP contribution in [0.25, 0.3) is 0 Å². The molecule has 0 aliphatic heterocycles. The smallest absolute Gasteiger partial charge is 0.253 e. The number of amides is 2. The van der Waals surface area contributed by atoms with Crippen molar-refractivity contribution in [1.82, 2.24) is 15.6 Å². The molecule has 2 N–H and O–H groups in total. The molecule has 2 amide bonds. The molecule has 0 unspecified atom stereocenters. The second-order valence-electron chi connectivity index (χ2n) is 4.65. The molecule has 2 aromatic rings. The average molecular weight is 283 g/mol. The monoisotopic (exact) mass is 283 g/mol. The third kappa shape index (κ3) is 3.89. The van der Waals surface area contributed by atoms with Crippen molar-refractivity contribution in [2.75, 3.05) is 7.05 Å². The topological polar surface area (TPSA) is 71.1 Å². The number of carbonyl (C=O) groups excluding carboxylic acids is 2. The maximum Gasteiger partial charge on any atom is 0.253 e. The Bertz CT molecular complexity index is 634. The number of aromatic nitrogens is 1. The van der Waals surface area contributed by atoms with Crippen molar-refractivity contribution >= 4 is 11.8 Å². The van der Waals surface area contributed by atoms with Crippen LogP contribution in [0.15, 0.2) is 42.6 Å². The number of benzene rings is 1. The fourth-order valence-electron chi connectivity index (χ4n) is 1.80. The van der Waals surface area contributed by atoms with Gasteiger partial charge >= 0.3 is 0 Å². The molecule has 108 valence electrons. The minimum Gasteiger partial charge on any atom is -0.355 e. The molecule has 0 spiro atoms. The molecule has 5 nitrogen and oxygen atoms in total. The molecule has 2 rings (SSSR count). The first-order chi connectivity index (χ1) is 10.1. The molecule has 0 aliphatic carbocycles. The van der Waals surface area contributed by atoms with E-state index in [1.165, 1.54) is 0 Å². The van der Waals surface area contributed by atoms with Gasteiger partial charge in [-0.2, -0.15) is 0 Å². The third-order valence-electron chi connectivity index (χ3n) is 3.07. The van der Waals surface area contributed by atoms with Crippen molar-refractivity contribution in [3.63, 3.8) is 0 Å². The maximum atomic E-state index is 11.9. The van der Waals surface area contributed by atoms with Crippen LogP contribution < -0.4 is 10.6 Å². The van der Waals surface area contributed by atoms with Crippen LogP contribution in [-0.4, -0.2) is 23.8 Å². The van der Waals surface area contributed by atoms with Gasteiger partial charge in [0.15, 0.2) is 0 Å². The van der Waals surface area contributed by atoms with Crippen molar-refractivity contribution in [1.29, 1.82) is 0 Å². The SMILES string of the molecule is CNC(=O)c1ccc(CNC(=O)c2ccc(C)nc2)cc1. The van der Waals surface area contributed by atoms with E-state index in [1.807, 2.05) is 19.1 Å². The lowest BCUT2D eigenvalue weighted by Crippen LogP contribution is -2.23. The summed E-state index contributed by atoms with van der Waals surface area (Å²) in [6, 6.07) is 10.6. The van der Waals surface area contributed by atoms with E-state index in [0.717, 1.165) is 11.3 Å². The van der Waals surface area contributed by atoms with Gasteiger partial charge in [-0.3, -0.25) is 14.6 Å². The number of hydrogen-bond donors (Lipinski definition) is 2. The van der Waals surface area contributed by atoms with Crippen LogP contribution in [0.4, 0.5) is 0 Å². The molecule has 1 heterocycles. The van der Waals surface area contributed by atoms with Gasteiger partial charge in [-0.15, -0.1) is 0 Å². The summed E-state index contributed by atoms with van der Waals surface area (Å²) in [5, 5.41) is 5.38. The summed E-state index contributed by atoms with van der Waals surface area (Å²) in [6.45, 7) is 2.27. The number of carbonyl (C=O) groups is 2. The van der Waals surface area contributed by atoms with E-state index in [4.69, 9.17) is 0 Å². The summed E-state index contributed by atoms with van der Waals surface area (Å²) in [5.74, 6) is -0.297. The molecule has 0 bridgehead atoms. The van der Waals surface area contributed by atoms with Crippen LogP contribution in [0.1, 0.15) is 32.0 Å². The molecule has 1 aromatic heterocycles. The Hall–Kier alpha value is -2.69. The van der Waals surface area contributed by atoms with E-state index < -0.39 is 0 Å². The summed E-state index contributed by atoms with van der Waals surface area (Å²) in [5.41, 5.74) is 2.92. The lowest BCUT2D eigenvalue weighted by atomic mass is 10.1. The lowest BCUT2D eigenvalue weighted by molar-refractivity contribution is 0.0945. The van der Waals surface area contributed by atoms with Gasteiger partial charge in [-0.1, -0.05) is 12.1 Å². The predicted molar refractivity (Wildman–Crippen MR) is 80.0 cm³/mol. The highest BCUT2D eigenvalue weighted by atomic mass is 16.2. The molecular formula is C16H17N3O2. The van der Waals surface area contributed by atoms with Crippen LogP contribution in [0.2, 0.25) is 0 Å². The van der Waals surface area contributed by atoms with Crippen LogP contribution in [0.5, 0.6) is 0 Å². The van der Waals surface area contributed by atoms with E-state index >= 15 is 0 Å². The minimum atomic E-state index is -0.169. The zero-order valence-corrected chi connectivity index (χ0v) is 12.0. The van der Waals surface area contributed by atoms with Gasteiger partial charge in [0.25, 0.3) is 11.8 Å². The van der Waals surface area contributed by atoms with Gasteiger partial charge in [0.1, 0.15) is 0 Å². The zero-order chi connectivity index (χ0) is 15.2. The summed E-state index contributed by atoms with van der Waals surface area (Å²) in [7, 11) is 1.59. The molecule has 21 heavy (non-hydrogen) atoms. The van der Waals surface area contributed by atoms with Crippen molar-refractivity contribution in [2.24, 2.45) is 0 Å². The van der Waals surface area contributed by atoms with Crippen molar-refractivity contribution in [3.8, 4) is 0 Å². The zero-order valence-electron chi connectivity index (χ0n) is 12.0. The molecule has 0 fully saturated rings. The Kier molecular flexibility index (Phi) is 4.66. The van der Waals surface area contributed by atoms with Gasteiger partial charge in [0.05, 0.1) is 5.56 Å². The van der Waals surface area contributed by atoms with Crippen LogP contribution in [-0.2, 0) is 6.54 Å². The summed E-state index contributed by atoms with van der Waals surface area (Å²) in [6.07, 6.45) is 1.55. The second kappa shape index (κ2) is 6.65. The molecule has 5 heteroatoms. The van der Waals surface area contributed by atoms with E-state index in [1.54, 1.807) is 37.5 Å². The molecular weight excluding hydrogens is 266 g/mol. The van der Waals surface area contributed by atoms with Crippen LogP contribution >= 0.6 is 0 Å². The number of hydrogen-bond acceptors (Lipinski definition) is 3. The number of aryl methyl sites for hydroxylation is 1. The quantitative estimate of drug-likeness (QED) is 0.896. The molecule has 0 radical (unpaired) electrons. The standard InChI is InChI=1S/C16H17N3O2/c1-11-3-6-14(10-18-11)16(21)19-9-12-4-7-13(8-5-12)15(20)17-2/h3-8,10H,9H2,1-2H3,(H,17,20)(H,19,21). The van der Waals surface area contributed by atoms with Gasteiger partial charge in [0, 0.05) is 31.0 Å². The maximum absolute atomic E-state index is 11.9. The van der Waals surface area contributed by atoms with Crippen molar-refractivity contribution < 1.29 is 9.59 Å². The minimum absolute atomic E-state index is 0.128. The summed E-state index contributed by atoms with van der Waals surface area (Å²) >= 11 is 0. The number of rotatable bonds is 4. The number of nitrogens with one attached hydrogen (secondary N) is 2. The fraction of sp³-hybridized carbons (Fsp3) is 0.188. The van der Waals surface area contributed by atoms with Crippen LogP contribution in [0, 0.1) is 6.92 Å². The Morgan fingerprint density at radius 2 is 1.67 bits per heavy atom. The number of nitrogens with zero attached hydrogens (tertiary/aromatic N) is 1. The third-order valence-corrected chi connectivity index (χ3v) is 3.07. The number of pyridine rings is 1. The molecule has 0 saturated carbocycles. The van der Waals surface area contributed by atoms with E-state index in [-0.39, 0.29) is 11.8 Å². The first kappa shape index (κ1) is 14.7. The van der Waals surface area contributed by atoms with Crippen molar-refractivity contribution in [3.05, 3.63) is 65.0 Å². The average Bonchev–Trinajstić information content (AvgIpc) is 2.53. The molecule has 1 aromatic carbocycles. The first-order valence-electron chi connectivity index (χ1n) is 6.62. The van der Waals surface area contributed by atoms with Gasteiger partial charge in [-0.25, -0.2) is 0 Å². The Morgan fingerprint density at radius 3 is 2.24 bits per heavy atom. The van der Waals surface area contributed by atoms with E-state index in [0.29, 0.717) is 17.7 Å². The van der Waals surface area contributed by atoms with Crippen molar-refractivity contribution in [2.45, 2.75) is 13.5 Å². The molecule has 0 atom stereocenters.